The van der Waals surface area contributed by atoms with Gasteiger partial charge in [-0.1, -0.05) is 19.1 Å². The molecule has 0 saturated heterocycles. The second-order valence-electron chi connectivity index (χ2n) is 5.83. The number of benzene rings is 1. The smallest absolute Gasteiger partial charge is 0.123 e. The van der Waals surface area contributed by atoms with Gasteiger partial charge in [-0.15, -0.1) is 0 Å². The lowest BCUT2D eigenvalue weighted by Gasteiger charge is -2.16. The summed E-state index contributed by atoms with van der Waals surface area (Å²) in [4.78, 5) is 0. The highest BCUT2D eigenvalue weighted by Gasteiger charge is 2.29. The SMILES string of the molecule is CCC(CC#N)NCc1ccc2c(c1)CC(C)(C)O2. The first-order valence-corrected chi connectivity index (χ1v) is 6.95. The summed E-state index contributed by atoms with van der Waals surface area (Å²) < 4.78 is 5.87. The van der Waals surface area contributed by atoms with Gasteiger partial charge in [-0.2, -0.15) is 5.26 Å². The fourth-order valence-electron chi connectivity index (χ4n) is 2.51. The van der Waals surface area contributed by atoms with Gasteiger partial charge in [0.25, 0.3) is 0 Å². The molecule has 102 valence electrons. The number of nitrogens with zero attached hydrogens (tertiary/aromatic N) is 1. The lowest BCUT2D eigenvalue weighted by atomic mass is 10.00. The maximum Gasteiger partial charge on any atom is 0.123 e. The van der Waals surface area contributed by atoms with Gasteiger partial charge < -0.3 is 10.1 Å². The quantitative estimate of drug-likeness (QED) is 0.882. The first kappa shape index (κ1) is 13.9. The Hall–Kier alpha value is -1.53. The number of nitrogens with one attached hydrogen (secondary N) is 1. The van der Waals surface area contributed by atoms with Crippen LogP contribution in [0.5, 0.6) is 5.75 Å². The third kappa shape index (κ3) is 3.48. The van der Waals surface area contributed by atoms with Gasteiger partial charge in [-0.25, -0.2) is 0 Å². The van der Waals surface area contributed by atoms with Crippen LogP contribution < -0.4 is 10.1 Å². The predicted octanol–water partition coefficient (Wildman–Crippen LogP) is 3.18. The van der Waals surface area contributed by atoms with Crippen LogP contribution in [0.15, 0.2) is 18.2 Å². The number of fused-ring (bicyclic) bond motifs is 1. The van der Waals surface area contributed by atoms with E-state index in [4.69, 9.17) is 10.00 Å². The molecule has 0 aliphatic carbocycles. The van der Waals surface area contributed by atoms with Crippen LogP contribution in [0.3, 0.4) is 0 Å². The van der Waals surface area contributed by atoms with Crippen LogP contribution in [-0.4, -0.2) is 11.6 Å². The average molecular weight is 258 g/mol. The lowest BCUT2D eigenvalue weighted by Crippen LogP contribution is -2.27. The van der Waals surface area contributed by atoms with E-state index in [9.17, 15) is 0 Å². The van der Waals surface area contributed by atoms with Crippen LogP contribution >= 0.6 is 0 Å². The Morgan fingerprint density at radius 2 is 2.26 bits per heavy atom. The Labute approximate surface area is 115 Å². The summed E-state index contributed by atoms with van der Waals surface area (Å²) in [7, 11) is 0. The minimum Gasteiger partial charge on any atom is -0.487 e. The molecule has 19 heavy (non-hydrogen) atoms. The molecular weight excluding hydrogens is 236 g/mol. The zero-order valence-corrected chi connectivity index (χ0v) is 12.0. The molecule has 0 spiro atoms. The number of ether oxygens (including phenoxy) is 1. The monoisotopic (exact) mass is 258 g/mol. The Morgan fingerprint density at radius 1 is 1.47 bits per heavy atom. The Morgan fingerprint density at radius 3 is 2.95 bits per heavy atom. The van der Waals surface area contributed by atoms with E-state index in [2.05, 4.69) is 50.4 Å². The molecule has 1 aliphatic heterocycles. The van der Waals surface area contributed by atoms with Crippen LogP contribution in [0.4, 0.5) is 0 Å². The lowest BCUT2D eigenvalue weighted by molar-refractivity contribution is 0.138. The molecule has 1 aromatic rings. The molecule has 2 rings (SSSR count). The van der Waals surface area contributed by atoms with Crippen molar-refractivity contribution in [2.24, 2.45) is 0 Å². The molecule has 1 heterocycles. The molecule has 3 heteroatoms. The molecule has 1 aromatic carbocycles. The van der Waals surface area contributed by atoms with Crippen LogP contribution in [-0.2, 0) is 13.0 Å². The van der Waals surface area contributed by atoms with Gasteiger partial charge in [0, 0.05) is 19.0 Å². The van der Waals surface area contributed by atoms with Crippen molar-refractivity contribution in [1.29, 1.82) is 5.26 Å². The maximum atomic E-state index is 8.74. The van der Waals surface area contributed by atoms with Gasteiger partial charge >= 0.3 is 0 Å². The molecule has 0 fully saturated rings. The van der Waals surface area contributed by atoms with E-state index in [1.165, 1.54) is 11.1 Å². The summed E-state index contributed by atoms with van der Waals surface area (Å²) in [5, 5.41) is 12.2. The van der Waals surface area contributed by atoms with E-state index in [1.54, 1.807) is 0 Å². The Bertz CT molecular complexity index is 488. The molecule has 1 aliphatic rings. The van der Waals surface area contributed by atoms with Crippen LogP contribution in [0.2, 0.25) is 0 Å². The third-order valence-corrected chi connectivity index (χ3v) is 3.55. The summed E-state index contributed by atoms with van der Waals surface area (Å²) in [5.41, 5.74) is 2.47. The second kappa shape index (κ2) is 5.63. The van der Waals surface area contributed by atoms with Gasteiger partial charge in [-0.3, -0.25) is 0 Å². The minimum absolute atomic E-state index is 0.0822. The Balaban J connectivity index is 1.99. The standard InChI is InChI=1S/C16H22N2O/c1-4-14(7-8-17)18-11-12-5-6-15-13(9-12)10-16(2,3)19-15/h5-6,9,14,18H,4,7,10-11H2,1-3H3. The summed E-state index contributed by atoms with van der Waals surface area (Å²) in [6.45, 7) is 7.15. The second-order valence-corrected chi connectivity index (χ2v) is 5.83. The zero-order valence-electron chi connectivity index (χ0n) is 12.0. The van der Waals surface area contributed by atoms with Crippen molar-refractivity contribution >= 4 is 0 Å². The highest BCUT2D eigenvalue weighted by molar-refractivity contribution is 5.41. The van der Waals surface area contributed by atoms with E-state index in [-0.39, 0.29) is 11.6 Å². The van der Waals surface area contributed by atoms with Crippen molar-refractivity contribution in [2.45, 2.75) is 58.2 Å². The molecule has 3 nitrogen and oxygen atoms in total. The molecule has 0 aromatic heterocycles. The van der Waals surface area contributed by atoms with E-state index < -0.39 is 0 Å². The summed E-state index contributed by atoms with van der Waals surface area (Å²) in [5.74, 6) is 1.01. The highest BCUT2D eigenvalue weighted by atomic mass is 16.5. The van der Waals surface area contributed by atoms with Crippen molar-refractivity contribution in [3.05, 3.63) is 29.3 Å². The topological polar surface area (TPSA) is 45.0 Å². The first-order chi connectivity index (χ1) is 9.04. The molecule has 0 radical (unpaired) electrons. The van der Waals surface area contributed by atoms with Gasteiger partial charge in [0.15, 0.2) is 0 Å². The average Bonchev–Trinajstić information content (AvgIpc) is 2.67. The van der Waals surface area contributed by atoms with Crippen molar-refractivity contribution in [2.75, 3.05) is 0 Å². The van der Waals surface area contributed by atoms with Crippen molar-refractivity contribution < 1.29 is 4.74 Å². The molecule has 0 amide bonds. The van der Waals surface area contributed by atoms with Crippen molar-refractivity contribution in [1.82, 2.24) is 5.32 Å². The van der Waals surface area contributed by atoms with Gasteiger partial charge in [0.05, 0.1) is 12.5 Å². The van der Waals surface area contributed by atoms with Crippen molar-refractivity contribution in [3.63, 3.8) is 0 Å². The third-order valence-electron chi connectivity index (χ3n) is 3.55. The fraction of sp³-hybridized carbons (Fsp3) is 0.562. The Kier molecular flexibility index (Phi) is 4.11. The molecule has 0 saturated carbocycles. The van der Waals surface area contributed by atoms with Gasteiger partial charge in [0.2, 0.25) is 0 Å². The predicted molar refractivity (Wildman–Crippen MR) is 76.0 cm³/mol. The van der Waals surface area contributed by atoms with Crippen molar-refractivity contribution in [3.8, 4) is 11.8 Å². The summed E-state index contributed by atoms with van der Waals surface area (Å²) in [6, 6.07) is 8.89. The minimum atomic E-state index is -0.0822. The highest BCUT2D eigenvalue weighted by Crippen LogP contribution is 2.35. The number of rotatable bonds is 5. The number of nitriles is 1. The maximum absolute atomic E-state index is 8.74. The summed E-state index contributed by atoms with van der Waals surface area (Å²) in [6.07, 6.45) is 2.51. The molecular formula is C16H22N2O. The largest absolute Gasteiger partial charge is 0.487 e. The van der Waals surface area contributed by atoms with Gasteiger partial charge in [0.1, 0.15) is 11.4 Å². The molecule has 1 N–H and O–H groups in total. The van der Waals surface area contributed by atoms with Gasteiger partial charge in [-0.05, 0) is 37.5 Å². The van der Waals surface area contributed by atoms with E-state index in [0.717, 1.165) is 25.1 Å². The molecule has 0 bridgehead atoms. The first-order valence-electron chi connectivity index (χ1n) is 6.95. The van der Waals surface area contributed by atoms with E-state index in [0.29, 0.717) is 6.42 Å². The van der Waals surface area contributed by atoms with Crippen LogP contribution in [0, 0.1) is 11.3 Å². The normalized spacial score (nSPS) is 17.4. The fourth-order valence-corrected chi connectivity index (χ4v) is 2.51. The molecule has 1 atom stereocenters. The number of hydrogen-bond acceptors (Lipinski definition) is 3. The van der Waals surface area contributed by atoms with E-state index in [1.807, 2.05) is 0 Å². The molecule has 1 unspecified atom stereocenters. The van der Waals surface area contributed by atoms with E-state index >= 15 is 0 Å². The van der Waals surface area contributed by atoms with Crippen LogP contribution in [0.25, 0.3) is 0 Å². The summed E-state index contributed by atoms with van der Waals surface area (Å²) >= 11 is 0. The zero-order chi connectivity index (χ0) is 13.9. The van der Waals surface area contributed by atoms with Crippen LogP contribution in [0.1, 0.15) is 44.7 Å². The number of hydrogen-bond donors (Lipinski definition) is 1.